The molecular formula is C28H23BrN6O4. The van der Waals surface area contributed by atoms with Crippen molar-refractivity contribution < 1.29 is 19.1 Å². The molecule has 3 amide bonds. The summed E-state index contributed by atoms with van der Waals surface area (Å²) in [4.78, 5) is 41.4. The summed E-state index contributed by atoms with van der Waals surface area (Å²) in [7, 11) is 1.47. The first-order valence-electron chi connectivity index (χ1n) is 12.3. The van der Waals surface area contributed by atoms with Crippen molar-refractivity contribution in [1.82, 2.24) is 10.0 Å². The monoisotopic (exact) mass is 586 g/mol. The minimum absolute atomic E-state index is 0.260. The molecule has 1 fully saturated rings. The lowest BCUT2D eigenvalue weighted by atomic mass is 9.98. The average Bonchev–Trinajstić information content (AvgIpc) is 3.65. The molecule has 0 aliphatic carbocycles. The predicted molar refractivity (Wildman–Crippen MR) is 146 cm³/mol. The van der Waals surface area contributed by atoms with Gasteiger partial charge in [0.25, 0.3) is 17.7 Å². The fourth-order valence-corrected chi connectivity index (χ4v) is 5.37. The van der Waals surface area contributed by atoms with Crippen LogP contribution in [0.4, 0.5) is 5.69 Å². The van der Waals surface area contributed by atoms with Crippen LogP contribution in [0, 0.1) is 0 Å². The quantitative estimate of drug-likeness (QED) is 0.404. The Labute approximate surface area is 232 Å². The molecule has 3 aliphatic heterocycles. The van der Waals surface area contributed by atoms with Gasteiger partial charge in [-0.1, -0.05) is 75.8 Å². The molecule has 196 valence electrons. The summed E-state index contributed by atoms with van der Waals surface area (Å²) >= 11 is 3.45. The highest BCUT2D eigenvalue weighted by Gasteiger charge is 2.56. The van der Waals surface area contributed by atoms with Crippen LogP contribution in [0.3, 0.4) is 0 Å². The SMILES string of the molecule is COc1ccccc1N1C(=O)[C@@H]2[C@@H](N=NN2CC(=O)N2N=C(c3ccc(Br)cc3)C[C@@H]2c2ccccc2)C1=O. The van der Waals surface area contributed by atoms with Gasteiger partial charge in [0.15, 0.2) is 12.1 Å². The van der Waals surface area contributed by atoms with E-state index in [1.165, 1.54) is 17.1 Å². The summed E-state index contributed by atoms with van der Waals surface area (Å²) in [5.41, 5.74) is 2.97. The van der Waals surface area contributed by atoms with Crippen molar-refractivity contribution >= 4 is 45.1 Å². The van der Waals surface area contributed by atoms with Gasteiger partial charge in [-0.3, -0.25) is 19.4 Å². The van der Waals surface area contributed by atoms with E-state index in [0.29, 0.717) is 17.9 Å². The van der Waals surface area contributed by atoms with Crippen LogP contribution < -0.4 is 9.64 Å². The molecule has 3 aliphatic rings. The molecule has 0 aromatic heterocycles. The van der Waals surface area contributed by atoms with Gasteiger partial charge in [-0.15, -0.1) is 0 Å². The fourth-order valence-electron chi connectivity index (χ4n) is 5.11. The van der Waals surface area contributed by atoms with Gasteiger partial charge in [-0.05, 0) is 35.4 Å². The summed E-state index contributed by atoms with van der Waals surface area (Å²) in [6, 6.07) is 21.9. The molecule has 10 nitrogen and oxygen atoms in total. The summed E-state index contributed by atoms with van der Waals surface area (Å²) in [6.07, 6.45) is 0.532. The molecule has 3 atom stereocenters. The van der Waals surface area contributed by atoms with Crippen molar-refractivity contribution in [3.63, 3.8) is 0 Å². The van der Waals surface area contributed by atoms with Crippen LogP contribution in [0.1, 0.15) is 23.6 Å². The molecule has 3 aromatic rings. The molecule has 0 bridgehead atoms. The lowest BCUT2D eigenvalue weighted by molar-refractivity contribution is -0.135. The fraction of sp³-hybridized carbons (Fsp3) is 0.214. The molecule has 1 saturated heterocycles. The van der Waals surface area contributed by atoms with Crippen LogP contribution >= 0.6 is 15.9 Å². The van der Waals surface area contributed by atoms with Gasteiger partial charge in [0.2, 0.25) is 0 Å². The minimum Gasteiger partial charge on any atom is -0.495 e. The van der Waals surface area contributed by atoms with Crippen molar-refractivity contribution in [2.24, 2.45) is 15.4 Å². The number of hydrogen-bond acceptors (Lipinski definition) is 8. The number of rotatable bonds is 6. The number of benzene rings is 3. The first-order valence-corrected chi connectivity index (χ1v) is 13.1. The van der Waals surface area contributed by atoms with Crippen LogP contribution in [-0.2, 0) is 14.4 Å². The average molecular weight is 587 g/mol. The van der Waals surface area contributed by atoms with E-state index >= 15 is 0 Å². The highest BCUT2D eigenvalue weighted by molar-refractivity contribution is 9.10. The van der Waals surface area contributed by atoms with Crippen molar-refractivity contribution in [2.75, 3.05) is 18.6 Å². The number of hydrogen-bond donors (Lipinski definition) is 0. The Hall–Kier alpha value is -4.38. The van der Waals surface area contributed by atoms with E-state index in [0.717, 1.165) is 26.2 Å². The van der Waals surface area contributed by atoms with Crippen LogP contribution in [-0.4, -0.2) is 59.2 Å². The molecule has 0 radical (unpaired) electrons. The highest BCUT2D eigenvalue weighted by atomic mass is 79.9. The summed E-state index contributed by atoms with van der Waals surface area (Å²) in [5, 5.41) is 15.5. The van der Waals surface area contributed by atoms with Gasteiger partial charge in [0.05, 0.1) is 24.6 Å². The second kappa shape index (κ2) is 10.1. The Morgan fingerprint density at radius 3 is 2.44 bits per heavy atom. The maximum atomic E-state index is 13.7. The number of fused-ring (bicyclic) bond motifs is 1. The third-order valence-electron chi connectivity index (χ3n) is 7.01. The van der Waals surface area contributed by atoms with Crippen molar-refractivity contribution in [1.29, 1.82) is 0 Å². The maximum absolute atomic E-state index is 13.7. The predicted octanol–water partition coefficient (Wildman–Crippen LogP) is 4.13. The summed E-state index contributed by atoms with van der Waals surface area (Å²) < 4.78 is 6.30. The number of carbonyl (C=O) groups is 3. The largest absolute Gasteiger partial charge is 0.495 e. The third kappa shape index (κ3) is 4.38. The maximum Gasteiger partial charge on any atom is 0.264 e. The second-order valence-electron chi connectivity index (χ2n) is 9.30. The van der Waals surface area contributed by atoms with Gasteiger partial charge >= 0.3 is 0 Å². The Balaban J connectivity index is 1.26. The van der Waals surface area contributed by atoms with Crippen molar-refractivity contribution in [3.05, 3.63) is 94.5 Å². The van der Waals surface area contributed by atoms with E-state index in [2.05, 4.69) is 26.3 Å². The van der Waals surface area contributed by atoms with Crippen LogP contribution in [0.5, 0.6) is 5.75 Å². The van der Waals surface area contributed by atoms with Gasteiger partial charge in [0.1, 0.15) is 12.3 Å². The highest BCUT2D eigenvalue weighted by Crippen LogP contribution is 2.37. The van der Waals surface area contributed by atoms with Crippen LogP contribution in [0.15, 0.2) is 98.8 Å². The first-order chi connectivity index (χ1) is 19.0. The molecule has 6 rings (SSSR count). The molecule has 3 heterocycles. The van der Waals surface area contributed by atoms with Gasteiger partial charge in [-0.2, -0.15) is 10.2 Å². The van der Waals surface area contributed by atoms with Gasteiger partial charge in [0, 0.05) is 10.9 Å². The molecule has 0 saturated carbocycles. The normalized spacial score (nSPS) is 21.9. The zero-order valence-electron chi connectivity index (χ0n) is 20.8. The molecule has 39 heavy (non-hydrogen) atoms. The number of imide groups is 1. The third-order valence-corrected chi connectivity index (χ3v) is 7.54. The Morgan fingerprint density at radius 2 is 1.69 bits per heavy atom. The number of methoxy groups -OCH3 is 1. The number of amides is 3. The topological polar surface area (TPSA) is 107 Å². The molecule has 0 N–H and O–H groups in total. The van der Waals surface area contributed by atoms with E-state index in [1.54, 1.807) is 24.3 Å². The van der Waals surface area contributed by atoms with E-state index < -0.39 is 23.9 Å². The van der Waals surface area contributed by atoms with Crippen LogP contribution in [0.2, 0.25) is 0 Å². The Bertz CT molecular complexity index is 1510. The van der Waals surface area contributed by atoms with Crippen molar-refractivity contribution in [3.8, 4) is 5.75 Å². The zero-order chi connectivity index (χ0) is 27.1. The second-order valence-corrected chi connectivity index (χ2v) is 10.2. The minimum atomic E-state index is -1.03. The van der Waals surface area contributed by atoms with Crippen LogP contribution in [0.25, 0.3) is 0 Å². The standard InChI is InChI=1S/C28H23BrN6O4/c1-39-23-10-6-5-9-21(23)34-27(37)25-26(28(34)38)33(32-30-25)16-24(36)35-22(18-7-3-2-4-8-18)15-20(31-35)17-11-13-19(29)14-12-17/h2-14,22,25-26H,15-16H2,1H3/t22-,25-,26+/m1/s1. The summed E-state index contributed by atoms with van der Waals surface area (Å²) in [5.74, 6) is -0.984. The number of para-hydroxylation sites is 2. The number of nitrogens with zero attached hydrogens (tertiary/aromatic N) is 6. The molecule has 3 aromatic carbocycles. The number of halogens is 1. The number of carbonyl (C=O) groups excluding carboxylic acids is 3. The summed E-state index contributed by atoms with van der Waals surface area (Å²) in [6.45, 7) is -0.260. The van der Waals surface area contributed by atoms with E-state index in [1.807, 2.05) is 54.6 Å². The van der Waals surface area contributed by atoms with E-state index in [4.69, 9.17) is 9.84 Å². The van der Waals surface area contributed by atoms with E-state index in [9.17, 15) is 14.4 Å². The van der Waals surface area contributed by atoms with Crippen molar-refractivity contribution in [2.45, 2.75) is 24.5 Å². The zero-order valence-corrected chi connectivity index (χ0v) is 22.4. The number of anilines is 1. The Morgan fingerprint density at radius 1 is 0.974 bits per heavy atom. The molecule has 0 spiro atoms. The lowest BCUT2D eigenvalue weighted by Crippen LogP contribution is -2.44. The number of hydrazone groups is 1. The van der Waals surface area contributed by atoms with Gasteiger partial charge in [-0.25, -0.2) is 9.91 Å². The number of ether oxygens (including phenoxy) is 1. The Kier molecular flexibility index (Phi) is 6.43. The molecule has 0 unspecified atom stereocenters. The molecular weight excluding hydrogens is 564 g/mol. The molecule has 11 heteroatoms. The lowest BCUT2D eigenvalue weighted by Gasteiger charge is -2.25. The smallest absolute Gasteiger partial charge is 0.264 e. The first kappa shape index (κ1) is 24.9. The van der Waals surface area contributed by atoms with Gasteiger partial charge < -0.3 is 4.74 Å². The van der Waals surface area contributed by atoms with E-state index in [-0.39, 0.29) is 18.5 Å².